The average Bonchev–Trinajstić information content (AvgIpc) is 3.54. The molecule has 1 aliphatic heterocycles. The Bertz CT molecular complexity index is 1880. The van der Waals surface area contributed by atoms with Gasteiger partial charge in [0.05, 0.1) is 11.0 Å². The summed E-state index contributed by atoms with van der Waals surface area (Å²) in [7, 11) is 0. The molecule has 0 spiro atoms. The normalized spacial score (nSPS) is 14.1. The Labute approximate surface area is 197 Å². The van der Waals surface area contributed by atoms with Gasteiger partial charge < -0.3 is 4.57 Å². The first kappa shape index (κ1) is 17.4. The molecule has 0 saturated heterocycles. The summed E-state index contributed by atoms with van der Waals surface area (Å²) >= 11 is 0. The molecule has 0 N–H and O–H groups in total. The standard InChI is InChI=1S/C33H21N/c1-3-9-23-19(7-1)16-26-24(23)14-13-21-15-22-18-27-25-10-4-6-12-30(25)34-29-11-5-2-8-20(29)17-28(33(27)34)32(22)31(21)26/h1-14,18H,15-17H2. The molecule has 0 atom stereocenters. The Morgan fingerprint density at radius 2 is 1.26 bits per heavy atom. The minimum Gasteiger partial charge on any atom is -0.309 e. The van der Waals surface area contributed by atoms with E-state index in [0.29, 0.717) is 0 Å². The van der Waals surface area contributed by atoms with Gasteiger partial charge in [-0.1, -0.05) is 72.8 Å². The summed E-state index contributed by atoms with van der Waals surface area (Å²) < 4.78 is 2.54. The first-order valence-corrected chi connectivity index (χ1v) is 12.3. The lowest BCUT2D eigenvalue weighted by Gasteiger charge is -2.23. The van der Waals surface area contributed by atoms with Crippen molar-refractivity contribution in [1.29, 1.82) is 0 Å². The predicted molar refractivity (Wildman–Crippen MR) is 140 cm³/mol. The highest BCUT2D eigenvalue weighted by Crippen LogP contribution is 2.52. The van der Waals surface area contributed by atoms with E-state index in [1.165, 1.54) is 83.1 Å². The fraction of sp³-hybridized carbons (Fsp3) is 0.0909. The summed E-state index contributed by atoms with van der Waals surface area (Å²) in [5, 5.41) is 2.78. The maximum absolute atomic E-state index is 2.54. The summed E-state index contributed by atoms with van der Waals surface area (Å²) in [5.74, 6) is 0. The molecule has 9 rings (SSSR count). The molecule has 3 aliphatic rings. The van der Waals surface area contributed by atoms with E-state index in [1.54, 1.807) is 0 Å². The van der Waals surface area contributed by atoms with Gasteiger partial charge in [0.15, 0.2) is 0 Å². The number of benzene rings is 5. The summed E-state index contributed by atoms with van der Waals surface area (Å²) in [5.41, 5.74) is 18.9. The van der Waals surface area contributed by atoms with Crippen LogP contribution in [0.1, 0.15) is 33.4 Å². The van der Waals surface area contributed by atoms with E-state index in [2.05, 4.69) is 95.6 Å². The quantitative estimate of drug-likeness (QED) is 0.231. The highest BCUT2D eigenvalue weighted by Gasteiger charge is 2.33. The minimum atomic E-state index is 1.00. The molecule has 0 saturated carbocycles. The Hall–Kier alpha value is -4.10. The Morgan fingerprint density at radius 1 is 0.500 bits per heavy atom. The third kappa shape index (κ3) is 1.94. The molecule has 34 heavy (non-hydrogen) atoms. The van der Waals surface area contributed by atoms with E-state index < -0.39 is 0 Å². The van der Waals surface area contributed by atoms with Crippen molar-refractivity contribution in [3.8, 4) is 27.9 Å². The first-order chi connectivity index (χ1) is 16.9. The topological polar surface area (TPSA) is 4.93 Å². The highest BCUT2D eigenvalue weighted by atomic mass is 15.0. The fourth-order valence-electron chi connectivity index (χ4n) is 7.13. The van der Waals surface area contributed by atoms with Crippen LogP contribution >= 0.6 is 0 Å². The molecule has 1 heteroatoms. The molecule has 1 nitrogen and oxygen atoms in total. The third-order valence-electron chi connectivity index (χ3n) is 8.45. The highest BCUT2D eigenvalue weighted by molar-refractivity contribution is 6.14. The van der Waals surface area contributed by atoms with Crippen molar-refractivity contribution >= 4 is 21.8 Å². The van der Waals surface area contributed by atoms with Gasteiger partial charge in [-0.15, -0.1) is 0 Å². The summed E-state index contributed by atoms with van der Waals surface area (Å²) in [6.45, 7) is 0. The van der Waals surface area contributed by atoms with Gasteiger partial charge in [-0.3, -0.25) is 0 Å². The van der Waals surface area contributed by atoms with Gasteiger partial charge >= 0.3 is 0 Å². The van der Waals surface area contributed by atoms with Crippen LogP contribution in [0.5, 0.6) is 0 Å². The number of nitrogens with zero attached hydrogens (tertiary/aromatic N) is 1. The van der Waals surface area contributed by atoms with Gasteiger partial charge in [-0.2, -0.15) is 0 Å². The maximum atomic E-state index is 2.54. The second kappa shape index (κ2) is 5.87. The third-order valence-corrected chi connectivity index (χ3v) is 8.45. The summed E-state index contributed by atoms with van der Waals surface area (Å²) in [6.07, 6.45) is 3.09. The van der Waals surface area contributed by atoms with E-state index in [-0.39, 0.29) is 0 Å². The lowest BCUT2D eigenvalue weighted by molar-refractivity contribution is 1.04. The van der Waals surface area contributed by atoms with Gasteiger partial charge in [0.2, 0.25) is 0 Å². The van der Waals surface area contributed by atoms with Gasteiger partial charge in [-0.25, -0.2) is 0 Å². The van der Waals surface area contributed by atoms with Crippen LogP contribution in [0.15, 0.2) is 91.0 Å². The monoisotopic (exact) mass is 431 g/mol. The van der Waals surface area contributed by atoms with Crippen molar-refractivity contribution in [2.75, 3.05) is 0 Å². The molecule has 0 bridgehead atoms. The minimum absolute atomic E-state index is 1.00. The molecule has 158 valence electrons. The largest absolute Gasteiger partial charge is 0.309 e. The van der Waals surface area contributed by atoms with Crippen molar-refractivity contribution < 1.29 is 0 Å². The van der Waals surface area contributed by atoms with Crippen LogP contribution < -0.4 is 0 Å². The van der Waals surface area contributed by atoms with E-state index in [9.17, 15) is 0 Å². The molecule has 5 aromatic carbocycles. The second-order valence-electron chi connectivity index (χ2n) is 10.1. The molecule has 2 aliphatic carbocycles. The molecule has 0 amide bonds. The number of hydrogen-bond acceptors (Lipinski definition) is 0. The predicted octanol–water partition coefficient (Wildman–Crippen LogP) is 7.83. The summed E-state index contributed by atoms with van der Waals surface area (Å²) in [4.78, 5) is 0. The van der Waals surface area contributed by atoms with Crippen LogP contribution in [0.3, 0.4) is 0 Å². The fourth-order valence-corrected chi connectivity index (χ4v) is 7.13. The molecule has 2 heterocycles. The van der Waals surface area contributed by atoms with Crippen molar-refractivity contribution in [2.45, 2.75) is 19.3 Å². The van der Waals surface area contributed by atoms with E-state index in [4.69, 9.17) is 0 Å². The number of rotatable bonds is 0. The SMILES string of the molecule is c1ccc2c(c1)Cc1c-2ccc2c1-c1c(cc3c4ccccc4n4c3c1Cc1ccccc1-4)C2. The number of para-hydroxylation sites is 2. The number of hydrogen-bond donors (Lipinski definition) is 0. The number of aromatic nitrogens is 1. The Morgan fingerprint density at radius 3 is 2.24 bits per heavy atom. The van der Waals surface area contributed by atoms with Gasteiger partial charge in [0, 0.05) is 22.9 Å². The Balaban J connectivity index is 1.44. The van der Waals surface area contributed by atoms with Gasteiger partial charge in [-0.05, 0) is 86.7 Å². The van der Waals surface area contributed by atoms with Crippen molar-refractivity contribution in [2.24, 2.45) is 0 Å². The molecule has 0 radical (unpaired) electrons. The van der Waals surface area contributed by atoms with Crippen LogP contribution in [0.2, 0.25) is 0 Å². The second-order valence-corrected chi connectivity index (χ2v) is 10.1. The lowest BCUT2D eigenvalue weighted by atomic mass is 9.87. The van der Waals surface area contributed by atoms with Gasteiger partial charge in [0.25, 0.3) is 0 Å². The molecule has 0 unspecified atom stereocenters. The van der Waals surface area contributed by atoms with Crippen LogP contribution in [0.4, 0.5) is 0 Å². The summed E-state index contributed by atoms with van der Waals surface area (Å²) in [6, 6.07) is 34.2. The van der Waals surface area contributed by atoms with Crippen LogP contribution in [-0.2, 0) is 19.3 Å². The average molecular weight is 432 g/mol. The van der Waals surface area contributed by atoms with E-state index in [1.807, 2.05) is 0 Å². The first-order valence-electron chi connectivity index (χ1n) is 12.3. The maximum Gasteiger partial charge on any atom is 0.0582 e. The smallest absolute Gasteiger partial charge is 0.0582 e. The van der Waals surface area contributed by atoms with Crippen LogP contribution in [-0.4, -0.2) is 4.57 Å². The van der Waals surface area contributed by atoms with Crippen molar-refractivity contribution in [3.05, 3.63) is 124 Å². The zero-order chi connectivity index (χ0) is 22.0. The lowest BCUT2D eigenvalue weighted by Crippen LogP contribution is -2.09. The molecule has 0 fully saturated rings. The Kier molecular flexibility index (Phi) is 3.00. The number of fused-ring (bicyclic) bond motifs is 13. The molecular formula is C33H21N. The zero-order valence-corrected chi connectivity index (χ0v) is 18.7. The van der Waals surface area contributed by atoms with Crippen LogP contribution in [0, 0.1) is 0 Å². The molecule has 1 aromatic heterocycles. The van der Waals surface area contributed by atoms with Crippen molar-refractivity contribution in [3.63, 3.8) is 0 Å². The van der Waals surface area contributed by atoms with E-state index in [0.717, 1.165) is 19.3 Å². The zero-order valence-electron chi connectivity index (χ0n) is 18.7. The van der Waals surface area contributed by atoms with Gasteiger partial charge in [0.1, 0.15) is 0 Å². The van der Waals surface area contributed by atoms with E-state index >= 15 is 0 Å². The molecular weight excluding hydrogens is 410 g/mol. The molecule has 6 aromatic rings. The van der Waals surface area contributed by atoms with Crippen LogP contribution in [0.25, 0.3) is 49.7 Å². The van der Waals surface area contributed by atoms with Crippen molar-refractivity contribution in [1.82, 2.24) is 4.57 Å².